The van der Waals surface area contributed by atoms with Crippen LogP contribution in [-0.2, 0) is 6.54 Å². The predicted molar refractivity (Wildman–Crippen MR) is 87.4 cm³/mol. The molecule has 0 amide bonds. The van der Waals surface area contributed by atoms with Crippen LogP contribution in [0.5, 0.6) is 0 Å². The highest BCUT2D eigenvalue weighted by molar-refractivity contribution is 9.10. The molecule has 0 aliphatic heterocycles. The summed E-state index contributed by atoms with van der Waals surface area (Å²) < 4.78 is 0.802. The predicted octanol–water partition coefficient (Wildman–Crippen LogP) is 5.98. The van der Waals surface area contributed by atoms with Gasteiger partial charge in [0, 0.05) is 11.0 Å². The van der Waals surface area contributed by atoms with E-state index in [-0.39, 0.29) is 0 Å². The molecule has 2 aromatic rings. The van der Waals surface area contributed by atoms with E-state index in [0.29, 0.717) is 10.0 Å². The third kappa shape index (κ3) is 3.44. The highest BCUT2D eigenvalue weighted by atomic mass is 79.9. The van der Waals surface area contributed by atoms with Crippen LogP contribution >= 0.6 is 39.1 Å². The van der Waals surface area contributed by atoms with Crippen LogP contribution in [0.1, 0.15) is 16.7 Å². The normalized spacial score (nSPS) is 10.6. The third-order valence-corrected chi connectivity index (χ3v) is 4.78. The molecule has 0 radical (unpaired) electrons. The largest absolute Gasteiger partial charge is 0.380 e. The van der Waals surface area contributed by atoms with Gasteiger partial charge in [0.25, 0.3) is 0 Å². The first-order valence-corrected chi connectivity index (χ1v) is 7.47. The van der Waals surface area contributed by atoms with E-state index in [0.717, 1.165) is 16.7 Å². The molecule has 4 heteroatoms. The van der Waals surface area contributed by atoms with Crippen LogP contribution in [0.4, 0.5) is 5.69 Å². The first-order valence-electron chi connectivity index (χ1n) is 5.92. The Bertz CT molecular complexity index is 611. The van der Waals surface area contributed by atoms with Crippen molar-refractivity contribution in [3.8, 4) is 0 Å². The molecule has 0 aliphatic carbocycles. The number of halogens is 3. The van der Waals surface area contributed by atoms with Gasteiger partial charge in [-0.2, -0.15) is 0 Å². The van der Waals surface area contributed by atoms with Crippen molar-refractivity contribution in [3.05, 3.63) is 61.5 Å². The number of anilines is 1. The summed E-state index contributed by atoms with van der Waals surface area (Å²) in [6.07, 6.45) is 0. The first kappa shape index (κ1) is 14.7. The maximum absolute atomic E-state index is 6.21. The highest BCUT2D eigenvalue weighted by Gasteiger charge is 2.08. The molecule has 0 spiro atoms. The van der Waals surface area contributed by atoms with E-state index in [1.165, 1.54) is 16.7 Å². The molecular formula is C15H14BrCl2N. The number of aryl methyl sites for hydroxylation is 2. The zero-order valence-corrected chi connectivity index (χ0v) is 13.8. The molecule has 0 heterocycles. The van der Waals surface area contributed by atoms with E-state index >= 15 is 0 Å². The Hall–Kier alpha value is -0.700. The fourth-order valence-corrected chi connectivity index (χ4v) is 2.68. The Kier molecular flexibility index (Phi) is 4.77. The summed E-state index contributed by atoms with van der Waals surface area (Å²) >= 11 is 15.7. The molecule has 0 aromatic heterocycles. The molecule has 100 valence electrons. The van der Waals surface area contributed by atoms with Crippen molar-refractivity contribution >= 4 is 44.8 Å². The average molecular weight is 359 g/mol. The molecule has 0 atom stereocenters. The maximum atomic E-state index is 6.21. The van der Waals surface area contributed by atoms with Crippen LogP contribution in [0.15, 0.2) is 34.8 Å². The minimum absolute atomic E-state index is 0.535. The molecule has 0 fully saturated rings. The van der Waals surface area contributed by atoms with E-state index in [1.807, 2.05) is 12.1 Å². The molecule has 0 saturated carbocycles. The van der Waals surface area contributed by atoms with Gasteiger partial charge >= 0.3 is 0 Å². The molecular weight excluding hydrogens is 345 g/mol. The van der Waals surface area contributed by atoms with Gasteiger partial charge in [-0.15, -0.1) is 0 Å². The average Bonchev–Trinajstić information content (AvgIpc) is 2.39. The molecule has 0 bridgehead atoms. The lowest BCUT2D eigenvalue weighted by Gasteiger charge is -2.12. The van der Waals surface area contributed by atoms with Crippen LogP contribution < -0.4 is 5.32 Å². The second-order valence-electron chi connectivity index (χ2n) is 4.51. The summed E-state index contributed by atoms with van der Waals surface area (Å²) in [5, 5.41) is 4.41. The van der Waals surface area contributed by atoms with Gasteiger partial charge in [0.1, 0.15) is 0 Å². The summed E-state index contributed by atoms with van der Waals surface area (Å²) in [4.78, 5) is 0. The van der Waals surface area contributed by atoms with Crippen LogP contribution in [0.25, 0.3) is 0 Å². The number of nitrogens with one attached hydrogen (secondary N) is 1. The quantitative estimate of drug-likeness (QED) is 0.665. The van der Waals surface area contributed by atoms with Crippen molar-refractivity contribution in [3.63, 3.8) is 0 Å². The lowest BCUT2D eigenvalue weighted by molar-refractivity contribution is 1.11. The molecule has 19 heavy (non-hydrogen) atoms. The second-order valence-corrected chi connectivity index (χ2v) is 6.12. The van der Waals surface area contributed by atoms with Crippen LogP contribution in [-0.4, -0.2) is 0 Å². The van der Waals surface area contributed by atoms with Gasteiger partial charge in [-0.3, -0.25) is 0 Å². The molecule has 2 aromatic carbocycles. The monoisotopic (exact) mass is 357 g/mol. The molecule has 0 unspecified atom stereocenters. The Balaban J connectivity index is 2.19. The lowest BCUT2D eigenvalue weighted by Crippen LogP contribution is -2.02. The first-order chi connectivity index (χ1) is 8.99. The van der Waals surface area contributed by atoms with E-state index < -0.39 is 0 Å². The van der Waals surface area contributed by atoms with E-state index in [9.17, 15) is 0 Å². The van der Waals surface area contributed by atoms with E-state index in [1.54, 1.807) is 0 Å². The fraction of sp³-hybridized carbons (Fsp3) is 0.200. The molecule has 0 saturated heterocycles. The smallest absolute Gasteiger partial charge is 0.0835 e. The van der Waals surface area contributed by atoms with Gasteiger partial charge in [-0.1, -0.05) is 47.0 Å². The van der Waals surface area contributed by atoms with E-state index in [2.05, 4.69) is 53.3 Å². The Morgan fingerprint density at radius 1 is 1.05 bits per heavy atom. The number of rotatable bonds is 3. The summed E-state index contributed by atoms with van der Waals surface area (Å²) in [5.74, 6) is 0. The van der Waals surface area contributed by atoms with Gasteiger partial charge in [0.2, 0.25) is 0 Å². The van der Waals surface area contributed by atoms with Crippen LogP contribution in [0, 0.1) is 13.8 Å². The summed E-state index contributed by atoms with van der Waals surface area (Å²) in [6, 6.07) is 10.2. The molecule has 1 nitrogen and oxygen atoms in total. The summed E-state index contributed by atoms with van der Waals surface area (Å²) in [6.45, 7) is 4.92. The zero-order valence-electron chi connectivity index (χ0n) is 10.7. The SMILES string of the molecule is Cc1ccc(C)c(CNc2ccc(Br)c(Cl)c2Cl)c1. The summed E-state index contributed by atoms with van der Waals surface area (Å²) in [5.41, 5.74) is 4.62. The van der Waals surface area contributed by atoms with Crippen molar-refractivity contribution in [2.45, 2.75) is 20.4 Å². The number of hydrogen-bond acceptors (Lipinski definition) is 1. The zero-order chi connectivity index (χ0) is 14.0. The Labute approximate surface area is 132 Å². The standard InChI is InChI=1S/C15H14BrCl2N/c1-9-3-4-10(2)11(7-9)8-19-13-6-5-12(16)14(17)15(13)18/h3-7,19H,8H2,1-2H3. The van der Waals surface area contributed by atoms with Gasteiger partial charge in [0.05, 0.1) is 15.7 Å². The topological polar surface area (TPSA) is 12.0 Å². The third-order valence-electron chi connectivity index (χ3n) is 3.01. The van der Waals surface area contributed by atoms with Gasteiger partial charge in [0.15, 0.2) is 0 Å². The second kappa shape index (κ2) is 6.17. The fourth-order valence-electron chi connectivity index (χ4n) is 1.84. The molecule has 1 N–H and O–H groups in total. The highest BCUT2D eigenvalue weighted by Crippen LogP contribution is 2.36. The van der Waals surface area contributed by atoms with Crippen molar-refractivity contribution in [1.82, 2.24) is 0 Å². The van der Waals surface area contributed by atoms with Gasteiger partial charge < -0.3 is 5.32 Å². The van der Waals surface area contributed by atoms with Crippen molar-refractivity contribution in [2.24, 2.45) is 0 Å². The van der Waals surface area contributed by atoms with Crippen molar-refractivity contribution in [1.29, 1.82) is 0 Å². The number of benzene rings is 2. The molecule has 2 rings (SSSR count). The maximum Gasteiger partial charge on any atom is 0.0835 e. The number of hydrogen-bond donors (Lipinski definition) is 1. The Morgan fingerprint density at radius 3 is 2.53 bits per heavy atom. The van der Waals surface area contributed by atoms with Crippen molar-refractivity contribution < 1.29 is 0 Å². The van der Waals surface area contributed by atoms with Gasteiger partial charge in [-0.25, -0.2) is 0 Å². The van der Waals surface area contributed by atoms with E-state index in [4.69, 9.17) is 23.2 Å². The minimum atomic E-state index is 0.535. The van der Waals surface area contributed by atoms with Crippen LogP contribution in [0.2, 0.25) is 10.0 Å². The Morgan fingerprint density at radius 2 is 1.79 bits per heavy atom. The summed E-state index contributed by atoms with van der Waals surface area (Å²) in [7, 11) is 0. The van der Waals surface area contributed by atoms with Crippen molar-refractivity contribution in [2.75, 3.05) is 5.32 Å². The van der Waals surface area contributed by atoms with Crippen LogP contribution in [0.3, 0.4) is 0 Å². The van der Waals surface area contributed by atoms with Gasteiger partial charge in [-0.05, 0) is 53.0 Å². The lowest BCUT2D eigenvalue weighted by atomic mass is 10.1. The molecule has 0 aliphatic rings. The minimum Gasteiger partial charge on any atom is -0.380 e.